The largest absolute Gasteiger partial charge is 0.497 e. The van der Waals surface area contributed by atoms with Crippen molar-refractivity contribution >= 4 is 29.3 Å². The highest BCUT2D eigenvalue weighted by Crippen LogP contribution is 2.30. The van der Waals surface area contributed by atoms with Crippen LogP contribution >= 0.6 is 0 Å². The Morgan fingerprint density at radius 3 is 2.24 bits per heavy atom. The van der Waals surface area contributed by atoms with Crippen LogP contribution in [-0.4, -0.2) is 54.5 Å². The fraction of sp³-hybridized carbons (Fsp3) is 0.250. The maximum absolute atomic E-state index is 13.6. The molecule has 2 N–H and O–H groups in total. The monoisotopic (exact) mass is 461 g/mol. The molecule has 3 heterocycles. The van der Waals surface area contributed by atoms with E-state index in [1.54, 1.807) is 65.4 Å². The van der Waals surface area contributed by atoms with E-state index in [-0.39, 0.29) is 17.7 Å². The van der Waals surface area contributed by atoms with Crippen LogP contribution in [0.15, 0.2) is 48.5 Å². The van der Waals surface area contributed by atoms with E-state index in [2.05, 4.69) is 5.10 Å². The number of carbonyl (C=O) groups excluding carboxylic acids is 3. The third-order valence-corrected chi connectivity index (χ3v) is 6.01. The second-order valence-corrected chi connectivity index (χ2v) is 7.99. The lowest BCUT2D eigenvalue weighted by Gasteiger charge is -2.29. The number of nitrogens with two attached hydrogens (primary N) is 1. The molecule has 2 aromatic carbocycles. The van der Waals surface area contributed by atoms with E-state index < -0.39 is 5.91 Å². The summed E-state index contributed by atoms with van der Waals surface area (Å²) in [5.41, 5.74) is 8.49. The zero-order valence-electron chi connectivity index (χ0n) is 18.6. The van der Waals surface area contributed by atoms with E-state index in [4.69, 9.17) is 15.2 Å². The van der Waals surface area contributed by atoms with Crippen molar-refractivity contribution in [3.8, 4) is 11.4 Å². The Balaban J connectivity index is 1.49. The number of primary amides is 1. The average molecular weight is 461 g/mol. The number of hydrogen-bond donors (Lipinski definition) is 1. The van der Waals surface area contributed by atoms with Gasteiger partial charge in [0.25, 0.3) is 11.8 Å². The molecule has 34 heavy (non-hydrogen) atoms. The van der Waals surface area contributed by atoms with Gasteiger partial charge in [0.15, 0.2) is 5.69 Å². The van der Waals surface area contributed by atoms with Crippen LogP contribution in [0.4, 0.5) is 16.2 Å². The van der Waals surface area contributed by atoms with Crippen LogP contribution in [0.3, 0.4) is 0 Å². The Morgan fingerprint density at radius 2 is 1.62 bits per heavy atom. The van der Waals surface area contributed by atoms with Gasteiger partial charge in [-0.25, -0.2) is 9.48 Å². The first-order valence-corrected chi connectivity index (χ1v) is 10.9. The highest BCUT2D eigenvalue weighted by molar-refractivity contribution is 6.09. The molecule has 174 valence electrons. The van der Waals surface area contributed by atoms with E-state index in [0.717, 1.165) is 6.42 Å². The fourth-order valence-electron chi connectivity index (χ4n) is 4.31. The molecule has 5 rings (SSSR count). The summed E-state index contributed by atoms with van der Waals surface area (Å²) in [5, 5.41) is 4.37. The fourth-order valence-corrected chi connectivity index (χ4v) is 4.31. The first kappa shape index (κ1) is 21.5. The molecular formula is C24H23N5O5. The van der Waals surface area contributed by atoms with Crippen molar-refractivity contribution in [1.29, 1.82) is 0 Å². The van der Waals surface area contributed by atoms with Gasteiger partial charge >= 0.3 is 6.09 Å². The van der Waals surface area contributed by atoms with Crippen LogP contribution in [0.5, 0.6) is 5.75 Å². The molecule has 3 amide bonds. The number of carbonyl (C=O) groups is 3. The molecule has 2 aliphatic heterocycles. The van der Waals surface area contributed by atoms with Gasteiger partial charge in [-0.1, -0.05) is 0 Å². The number of benzene rings is 2. The van der Waals surface area contributed by atoms with Crippen molar-refractivity contribution < 1.29 is 23.9 Å². The second-order valence-electron chi connectivity index (χ2n) is 7.99. The smallest absolute Gasteiger partial charge is 0.414 e. The van der Waals surface area contributed by atoms with Crippen LogP contribution in [0.25, 0.3) is 5.69 Å². The summed E-state index contributed by atoms with van der Waals surface area (Å²) in [4.78, 5) is 40.9. The minimum absolute atomic E-state index is 0.0952. The Kier molecular flexibility index (Phi) is 5.40. The first-order valence-electron chi connectivity index (χ1n) is 10.9. The molecule has 0 spiro atoms. The highest BCUT2D eigenvalue weighted by Gasteiger charge is 2.34. The van der Waals surface area contributed by atoms with Crippen LogP contribution in [0.2, 0.25) is 0 Å². The molecule has 0 unspecified atom stereocenters. The van der Waals surface area contributed by atoms with Crippen LogP contribution in [-0.2, 0) is 11.2 Å². The Labute approximate surface area is 195 Å². The molecule has 10 nitrogen and oxygen atoms in total. The van der Waals surface area contributed by atoms with Gasteiger partial charge in [0.05, 0.1) is 19.4 Å². The van der Waals surface area contributed by atoms with Crippen molar-refractivity contribution in [2.75, 3.05) is 36.6 Å². The Morgan fingerprint density at radius 1 is 0.971 bits per heavy atom. The molecule has 2 aliphatic rings. The summed E-state index contributed by atoms with van der Waals surface area (Å²) in [7, 11) is 1.57. The van der Waals surface area contributed by atoms with Crippen LogP contribution in [0, 0.1) is 0 Å². The Bertz CT molecular complexity index is 1270. The Hall–Kier alpha value is -4.34. The van der Waals surface area contributed by atoms with Gasteiger partial charge in [-0.2, -0.15) is 5.10 Å². The van der Waals surface area contributed by atoms with Crippen LogP contribution < -0.4 is 20.3 Å². The van der Waals surface area contributed by atoms with Gasteiger partial charge in [-0.05, 0) is 61.4 Å². The van der Waals surface area contributed by atoms with E-state index in [0.29, 0.717) is 60.2 Å². The van der Waals surface area contributed by atoms with Crippen molar-refractivity contribution in [2.45, 2.75) is 12.8 Å². The molecular weight excluding hydrogens is 438 g/mol. The number of methoxy groups -OCH3 is 1. The summed E-state index contributed by atoms with van der Waals surface area (Å²) in [6.07, 6.45) is 0.814. The van der Waals surface area contributed by atoms with Gasteiger partial charge in [-0.15, -0.1) is 0 Å². The molecule has 0 atom stereocenters. The van der Waals surface area contributed by atoms with Crippen molar-refractivity contribution in [2.24, 2.45) is 5.73 Å². The number of ether oxygens (including phenoxy) is 2. The topological polar surface area (TPSA) is 120 Å². The number of amides is 3. The van der Waals surface area contributed by atoms with Crippen molar-refractivity contribution in [3.05, 3.63) is 65.5 Å². The number of anilines is 2. The lowest BCUT2D eigenvalue weighted by molar-refractivity contribution is 0.0972. The van der Waals surface area contributed by atoms with Crippen LogP contribution in [0.1, 0.15) is 33.0 Å². The first-order chi connectivity index (χ1) is 16.5. The summed E-state index contributed by atoms with van der Waals surface area (Å²) >= 11 is 0. The van der Waals surface area contributed by atoms with Crippen molar-refractivity contribution in [3.63, 3.8) is 0 Å². The minimum Gasteiger partial charge on any atom is -0.497 e. The molecule has 3 aromatic rings. The van der Waals surface area contributed by atoms with E-state index in [1.165, 1.54) is 4.68 Å². The molecule has 0 saturated carbocycles. The number of fused-ring (bicyclic) bond motifs is 1. The van der Waals surface area contributed by atoms with E-state index in [1.807, 2.05) is 0 Å². The number of nitrogens with zero attached hydrogens (tertiary/aromatic N) is 4. The SMILES string of the molecule is COc1ccc(-n2nc(C(N)=O)c3c2C(=O)N(c2ccc(N4CCCOC4=O)cc2)CC3)cc1. The second kappa shape index (κ2) is 8.54. The predicted octanol–water partition coefficient (Wildman–Crippen LogP) is 2.53. The maximum Gasteiger partial charge on any atom is 0.414 e. The third kappa shape index (κ3) is 3.62. The number of hydrogen-bond acceptors (Lipinski definition) is 6. The summed E-state index contributed by atoms with van der Waals surface area (Å²) in [6.45, 7) is 1.37. The predicted molar refractivity (Wildman–Crippen MR) is 124 cm³/mol. The number of aromatic nitrogens is 2. The number of cyclic esters (lactones) is 1. The zero-order valence-corrected chi connectivity index (χ0v) is 18.6. The van der Waals surface area contributed by atoms with E-state index in [9.17, 15) is 14.4 Å². The van der Waals surface area contributed by atoms with Gasteiger partial charge in [0.1, 0.15) is 11.4 Å². The standard InChI is InChI=1S/C24H23N5O5/c1-33-18-9-7-17(8-10-18)29-21-19(20(26-29)22(25)30)11-13-27(23(21)31)15-3-5-16(6-4-15)28-12-2-14-34-24(28)32/h3-10H,2,11-14H2,1H3,(H2,25,30). The maximum atomic E-state index is 13.6. The molecule has 0 bridgehead atoms. The molecule has 10 heteroatoms. The van der Waals surface area contributed by atoms with E-state index >= 15 is 0 Å². The molecule has 1 saturated heterocycles. The molecule has 1 aromatic heterocycles. The van der Waals surface area contributed by atoms with Gasteiger partial charge in [-0.3, -0.25) is 14.5 Å². The molecule has 0 aliphatic carbocycles. The normalized spacial score (nSPS) is 15.7. The summed E-state index contributed by atoms with van der Waals surface area (Å²) < 4.78 is 11.8. The van der Waals surface area contributed by atoms with Gasteiger partial charge < -0.3 is 20.1 Å². The molecule has 0 radical (unpaired) electrons. The van der Waals surface area contributed by atoms with Gasteiger partial charge in [0, 0.05) is 30.0 Å². The number of rotatable bonds is 5. The third-order valence-electron chi connectivity index (χ3n) is 6.01. The van der Waals surface area contributed by atoms with Gasteiger partial charge in [0.2, 0.25) is 0 Å². The quantitative estimate of drug-likeness (QED) is 0.624. The summed E-state index contributed by atoms with van der Waals surface area (Å²) in [6, 6.07) is 14.2. The highest BCUT2D eigenvalue weighted by atomic mass is 16.6. The zero-order chi connectivity index (χ0) is 23.8. The molecule has 1 fully saturated rings. The summed E-state index contributed by atoms with van der Waals surface area (Å²) in [5.74, 6) is -0.310. The minimum atomic E-state index is -0.678. The van der Waals surface area contributed by atoms with Crippen molar-refractivity contribution in [1.82, 2.24) is 9.78 Å². The average Bonchev–Trinajstić information content (AvgIpc) is 3.26. The lowest BCUT2D eigenvalue weighted by Crippen LogP contribution is -2.39. The lowest BCUT2D eigenvalue weighted by atomic mass is 10.0.